The lowest BCUT2D eigenvalue weighted by molar-refractivity contribution is -0.119. The topological polar surface area (TPSA) is 66.9 Å². The molecule has 2 rings (SSSR count). The van der Waals surface area contributed by atoms with Crippen molar-refractivity contribution in [3.63, 3.8) is 0 Å². The van der Waals surface area contributed by atoms with Crippen molar-refractivity contribution in [2.75, 3.05) is 17.6 Å². The van der Waals surface area contributed by atoms with Gasteiger partial charge in [0.1, 0.15) is 0 Å². The molecule has 0 bridgehead atoms. The van der Waals surface area contributed by atoms with Gasteiger partial charge in [-0.15, -0.1) is 10.2 Å². The number of nitrogens with one attached hydrogen (secondary N) is 2. The second-order valence-electron chi connectivity index (χ2n) is 5.13. The minimum atomic E-state index is 0.0163. The van der Waals surface area contributed by atoms with Crippen LogP contribution in [-0.4, -0.2) is 28.4 Å². The molecule has 0 spiro atoms. The Kier molecular flexibility index (Phi) is 6.85. The van der Waals surface area contributed by atoms with E-state index in [4.69, 9.17) is 0 Å². The third kappa shape index (κ3) is 5.51. The monoisotopic (exact) mass is 350 g/mol. The van der Waals surface area contributed by atoms with E-state index in [1.54, 1.807) is 0 Å². The van der Waals surface area contributed by atoms with Crippen LogP contribution in [-0.2, 0) is 4.79 Å². The number of anilines is 1. The van der Waals surface area contributed by atoms with Gasteiger partial charge in [0.05, 0.1) is 11.8 Å². The van der Waals surface area contributed by atoms with Crippen molar-refractivity contribution in [2.45, 2.75) is 37.6 Å². The summed E-state index contributed by atoms with van der Waals surface area (Å²) in [6.45, 7) is 6.96. The highest BCUT2D eigenvalue weighted by molar-refractivity contribution is 8.01. The van der Waals surface area contributed by atoms with Gasteiger partial charge >= 0.3 is 0 Å². The number of benzene rings is 1. The second kappa shape index (κ2) is 8.88. The SMILES string of the molecule is CCNc1nnc(SCC(=O)N[C@H](CC)c2ccc(C)cc2)s1. The Hall–Kier alpha value is -1.60. The molecule has 0 saturated heterocycles. The average Bonchev–Trinajstić information content (AvgIpc) is 3.00. The van der Waals surface area contributed by atoms with Crippen molar-refractivity contribution in [1.82, 2.24) is 15.5 Å². The molecule has 23 heavy (non-hydrogen) atoms. The summed E-state index contributed by atoms with van der Waals surface area (Å²) in [5.41, 5.74) is 2.36. The Labute approximate surface area is 145 Å². The Balaban J connectivity index is 1.85. The molecule has 1 aromatic heterocycles. The van der Waals surface area contributed by atoms with Gasteiger partial charge < -0.3 is 10.6 Å². The second-order valence-corrected chi connectivity index (χ2v) is 7.33. The maximum Gasteiger partial charge on any atom is 0.230 e. The van der Waals surface area contributed by atoms with Crippen LogP contribution < -0.4 is 10.6 Å². The quantitative estimate of drug-likeness (QED) is 0.712. The average molecular weight is 351 g/mol. The number of thioether (sulfide) groups is 1. The summed E-state index contributed by atoms with van der Waals surface area (Å²) in [4.78, 5) is 12.2. The first kappa shape index (κ1) is 17.7. The molecule has 0 saturated carbocycles. The summed E-state index contributed by atoms with van der Waals surface area (Å²) in [5.74, 6) is 0.367. The van der Waals surface area contributed by atoms with Gasteiger partial charge in [-0.3, -0.25) is 4.79 Å². The first-order valence-corrected chi connectivity index (χ1v) is 9.48. The molecule has 0 unspecified atom stereocenters. The number of hydrogen-bond donors (Lipinski definition) is 2. The first-order valence-electron chi connectivity index (χ1n) is 7.68. The van der Waals surface area contributed by atoms with Gasteiger partial charge in [0.15, 0.2) is 4.34 Å². The predicted octanol–water partition coefficient (Wildman–Crippen LogP) is 3.64. The third-order valence-electron chi connectivity index (χ3n) is 3.28. The van der Waals surface area contributed by atoms with Crippen molar-refractivity contribution in [3.8, 4) is 0 Å². The lowest BCUT2D eigenvalue weighted by Crippen LogP contribution is -2.29. The van der Waals surface area contributed by atoms with E-state index in [2.05, 4.69) is 58.9 Å². The van der Waals surface area contributed by atoms with Crippen LogP contribution in [0.4, 0.5) is 5.13 Å². The summed E-state index contributed by atoms with van der Waals surface area (Å²) >= 11 is 2.89. The lowest BCUT2D eigenvalue weighted by Gasteiger charge is -2.17. The molecular formula is C16H22N4OS2. The minimum absolute atomic E-state index is 0.0163. The smallest absolute Gasteiger partial charge is 0.230 e. The highest BCUT2D eigenvalue weighted by Gasteiger charge is 2.14. The van der Waals surface area contributed by atoms with Crippen LogP contribution in [0.2, 0.25) is 0 Å². The Morgan fingerprint density at radius 1 is 1.26 bits per heavy atom. The molecule has 0 fully saturated rings. The first-order chi connectivity index (χ1) is 11.1. The predicted molar refractivity (Wildman–Crippen MR) is 97.2 cm³/mol. The van der Waals surface area contributed by atoms with Crippen LogP contribution in [0.3, 0.4) is 0 Å². The van der Waals surface area contributed by atoms with Crippen molar-refractivity contribution in [3.05, 3.63) is 35.4 Å². The van der Waals surface area contributed by atoms with E-state index >= 15 is 0 Å². The van der Waals surface area contributed by atoms with E-state index in [1.807, 2.05) is 6.92 Å². The van der Waals surface area contributed by atoms with Crippen LogP contribution in [0.25, 0.3) is 0 Å². The number of rotatable bonds is 8. The Morgan fingerprint density at radius 3 is 2.65 bits per heavy atom. The van der Waals surface area contributed by atoms with E-state index in [1.165, 1.54) is 28.7 Å². The van der Waals surface area contributed by atoms with Gasteiger partial charge in [0.2, 0.25) is 11.0 Å². The zero-order chi connectivity index (χ0) is 16.7. The number of carbonyl (C=O) groups excluding carboxylic acids is 1. The molecule has 0 radical (unpaired) electrons. The third-order valence-corrected chi connectivity index (χ3v) is 5.30. The summed E-state index contributed by atoms with van der Waals surface area (Å²) in [7, 11) is 0. The van der Waals surface area contributed by atoms with E-state index in [-0.39, 0.29) is 11.9 Å². The van der Waals surface area contributed by atoms with Crippen molar-refractivity contribution >= 4 is 34.1 Å². The van der Waals surface area contributed by atoms with E-state index in [0.29, 0.717) is 5.75 Å². The molecule has 0 aliphatic heterocycles. The number of hydrogen-bond acceptors (Lipinski definition) is 6. The van der Waals surface area contributed by atoms with E-state index < -0.39 is 0 Å². The van der Waals surface area contributed by atoms with Gasteiger partial charge in [-0.25, -0.2) is 0 Å². The molecular weight excluding hydrogens is 328 g/mol. The number of nitrogens with zero attached hydrogens (tertiary/aromatic N) is 2. The van der Waals surface area contributed by atoms with Crippen LogP contribution in [0.5, 0.6) is 0 Å². The highest BCUT2D eigenvalue weighted by Crippen LogP contribution is 2.25. The molecule has 0 aliphatic rings. The van der Waals surface area contributed by atoms with Gasteiger partial charge in [0, 0.05) is 6.54 Å². The zero-order valence-corrected chi connectivity index (χ0v) is 15.3. The maximum absolute atomic E-state index is 12.2. The molecule has 1 aromatic carbocycles. The summed E-state index contributed by atoms with van der Waals surface area (Å²) in [6.07, 6.45) is 0.864. The minimum Gasteiger partial charge on any atom is -0.360 e. The molecule has 0 aliphatic carbocycles. The largest absolute Gasteiger partial charge is 0.360 e. The number of carbonyl (C=O) groups is 1. The fourth-order valence-electron chi connectivity index (χ4n) is 2.07. The molecule has 7 heteroatoms. The van der Waals surface area contributed by atoms with Crippen molar-refractivity contribution in [1.29, 1.82) is 0 Å². The van der Waals surface area contributed by atoms with Gasteiger partial charge in [-0.2, -0.15) is 0 Å². The molecule has 1 heterocycles. The van der Waals surface area contributed by atoms with Gasteiger partial charge in [-0.05, 0) is 25.8 Å². The summed E-state index contributed by atoms with van der Waals surface area (Å²) < 4.78 is 0.805. The van der Waals surface area contributed by atoms with Crippen LogP contribution >= 0.6 is 23.1 Å². The molecule has 2 N–H and O–H groups in total. The summed E-state index contributed by atoms with van der Waals surface area (Å²) in [5, 5.41) is 15.1. The summed E-state index contributed by atoms with van der Waals surface area (Å²) in [6, 6.07) is 8.34. The van der Waals surface area contributed by atoms with E-state index in [9.17, 15) is 4.79 Å². The Morgan fingerprint density at radius 2 is 2.00 bits per heavy atom. The van der Waals surface area contributed by atoms with Crippen LogP contribution in [0.1, 0.15) is 37.4 Å². The fraction of sp³-hybridized carbons (Fsp3) is 0.438. The standard InChI is InChI=1S/C16H22N4OS2/c1-4-13(12-8-6-11(3)7-9-12)18-14(21)10-22-16-20-19-15(23-16)17-5-2/h6-9,13H,4-5,10H2,1-3H3,(H,17,19)(H,18,21)/t13-/m1/s1. The Bertz CT molecular complexity index is 627. The molecule has 124 valence electrons. The van der Waals surface area contributed by atoms with E-state index in [0.717, 1.165) is 28.0 Å². The number of amides is 1. The fourth-order valence-corrected chi connectivity index (χ4v) is 3.70. The maximum atomic E-state index is 12.2. The molecule has 5 nitrogen and oxygen atoms in total. The van der Waals surface area contributed by atoms with Gasteiger partial charge in [-0.1, -0.05) is 59.9 Å². The van der Waals surface area contributed by atoms with Crippen LogP contribution in [0.15, 0.2) is 28.6 Å². The van der Waals surface area contributed by atoms with Crippen molar-refractivity contribution < 1.29 is 4.79 Å². The van der Waals surface area contributed by atoms with Gasteiger partial charge in [0.25, 0.3) is 0 Å². The zero-order valence-electron chi connectivity index (χ0n) is 13.6. The van der Waals surface area contributed by atoms with Crippen molar-refractivity contribution in [2.24, 2.45) is 0 Å². The lowest BCUT2D eigenvalue weighted by atomic mass is 10.0. The highest BCUT2D eigenvalue weighted by atomic mass is 32.2. The van der Waals surface area contributed by atoms with Crippen LogP contribution in [0, 0.1) is 6.92 Å². The number of aromatic nitrogens is 2. The number of aryl methyl sites for hydroxylation is 1. The molecule has 2 aromatic rings. The molecule has 1 amide bonds. The normalized spacial score (nSPS) is 12.0. The molecule has 1 atom stereocenters.